The average molecular weight is 1690 g/mol. The number of nitrogens with zero attached hydrogens (tertiary/aromatic N) is 10. The largest absolute Gasteiger partial charge is 0.743 e. The molecule has 8 rings (SSSR count). The molecule has 608 valence electrons. The summed E-state index contributed by atoms with van der Waals surface area (Å²) in [5.41, 5.74) is 6.38. The van der Waals surface area contributed by atoms with Gasteiger partial charge in [0.15, 0.2) is 29.6 Å². The average Bonchev–Trinajstić information content (AvgIpc) is 1.69. The minimum absolute atomic E-state index is 0.0400. The van der Waals surface area contributed by atoms with Crippen LogP contribution in [-0.4, -0.2) is 249 Å². The molecule has 2 aliphatic rings. The van der Waals surface area contributed by atoms with Gasteiger partial charge in [-0.25, -0.2) is 18.0 Å². The molecule has 5 aromatic carbocycles. The predicted molar refractivity (Wildman–Crippen MR) is 375 cm³/mol. The van der Waals surface area contributed by atoms with Crippen LogP contribution in [0.1, 0.15) is 75.3 Å². The number of amides is 4. The number of carbonyl (C=O) groups is 2. The molecule has 2 saturated heterocycles. The van der Waals surface area contributed by atoms with E-state index in [1.165, 1.54) is 66.3 Å². The molecule has 0 saturated carbocycles. The van der Waals surface area contributed by atoms with Crippen molar-refractivity contribution in [3.63, 3.8) is 0 Å². The molecule has 0 spiro atoms. The summed E-state index contributed by atoms with van der Waals surface area (Å²) < 4.78 is 190. The molecule has 3 heterocycles. The molecule has 0 atom stereocenters. The van der Waals surface area contributed by atoms with Gasteiger partial charge in [0.2, 0.25) is 17.8 Å². The van der Waals surface area contributed by atoms with E-state index in [1.807, 2.05) is 36.4 Å². The smallest absolute Gasteiger partial charge is 0.460 e. The molecule has 2 aliphatic heterocycles. The van der Waals surface area contributed by atoms with Gasteiger partial charge in [-0.2, -0.15) is 54.5 Å². The van der Waals surface area contributed by atoms with Gasteiger partial charge in [-0.3, -0.25) is 34.3 Å². The maximum Gasteiger partial charge on any atom is 0.460 e. The summed E-state index contributed by atoms with van der Waals surface area (Å²) in [4.78, 5) is 49.7. The Morgan fingerprint density at radius 3 is 0.844 bits per heavy atom. The zero-order valence-corrected chi connectivity index (χ0v) is 65.9. The van der Waals surface area contributed by atoms with Crippen LogP contribution in [0.5, 0.6) is 17.2 Å². The number of hydrogen-bond donors (Lipinski definition) is 3. The van der Waals surface area contributed by atoms with Gasteiger partial charge < -0.3 is 67.2 Å². The Morgan fingerprint density at radius 1 is 0.413 bits per heavy atom. The Labute approximate surface area is 638 Å². The van der Waals surface area contributed by atoms with Crippen molar-refractivity contribution in [3.8, 4) is 17.2 Å². The zero-order chi connectivity index (χ0) is 82.0. The Morgan fingerprint density at radius 2 is 0.651 bits per heavy atom. The highest BCUT2D eigenvalue weighted by molar-refractivity contribution is 7.86. The third kappa shape index (κ3) is 25.0. The van der Waals surface area contributed by atoms with Crippen molar-refractivity contribution >= 4 is 40.0 Å². The number of rotatable bonds is 31. The Bertz CT molecular complexity index is 3510. The first-order valence-corrected chi connectivity index (χ1v) is 36.1. The highest BCUT2D eigenvalue weighted by Crippen LogP contribution is 2.54. The number of phenols is 3. The van der Waals surface area contributed by atoms with Crippen LogP contribution >= 0.6 is 0 Å². The number of ether oxygens (including phenoxy) is 10. The maximum atomic E-state index is 12.6. The molecule has 28 nitrogen and oxygen atoms in total. The van der Waals surface area contributed by atoms with E-state index in [-0.39, 0.29) is 135 Å². The standard InChI is InChI=1S/C20H26I.C19H16O3.C15H30N6O6.C12H22N4O6.C4HF9O3S/c1-19(2,3)15-7-11-17(12-8-15)21-18-13-9-16(10-14-18)20(4,5)6;20-16-7-1-13(2-8-16)19(14-3-9-17(21)10-4-14)15-5-11-18(22)12-6-15;1-22-7-19(8-23-2)13-16-14(20(9-24-3)10-25-4)18-15(17-13)21(11-26-5)12-27-6;1-19-5-13-9-10(15(7-21-3)11(13)17)16(8-22-4)12(18)14(9)6-20-2;5-1(6,3(9,10)11)2(7,8)4(12,13)17(14,15)16/h7-14H,1-6H3;1-12,19-22H;7-12H2,1-6H3;9-10H,5-8H2,1-4H3;(H,14,15,16)/q+1;;;;/p-1. The van der Waals surface area contributed by atoms with E-state index in [4.69, 9.17) is 47.4 Å². The van der Waals surface area contributed by atoms with E-state index in [0.717, 1.165) is 16.7 Å². The number of methoxy groups -OCH3 is 10. The highest BCUT2D eigenvalue weighted by Gasteiger charge is 2.84. The number of anilines is 3. The SMILES string of the molecule is CC(C)(C)c1ccc([I+]c2ccc(C(C)(C)C)cc2)cc1.COCN(COC)c1nc(N(COC)COC)nc(N(COC)COC)n1.COCN1C(=O)N(COC)C2C1N(COC)C(=O)N2COC.O=S(=O)([O-])C(F)(F)C(F)(F)C(F)(F)C(F)(F)F.Oc1ccc(C(c2ccc(O)cc2)c2ccc(O)cc2)cc1. The summed E-state index contributed by atoms with van der Waals surface area (Å²) in [6.07, 6.45) is -8.21. The monoisotopic (exact) mass is 1690 g/mol. The van der Waals surface area contributed by atoms with Crippen molar-refractivity contribution in [3.05, 3.63) is 156 Å². The van der Waals surface area contributed by atoms with Gasteiger partial charge in [-0.15, -0.1) is 0 Å². The molecule has 4 amide bonds. The van der Waals surface area contributed by atoms with E-state index in [0.29, 0.717) is 17.8 Å². The Balaban J connectivity index is 0.000000290. The van der Waals surface area contributed by atoms with Crippen LogP contribution < -0.4 is 35.9 Å². The first kappa shape index (κ1) is 93.4. The van der Waals surface area contributed by atoms with E-state index in [2.05, 4.69) is 105 Å². The summed E-state index contributed by atoms with van der Waals surface area (Å²) in [6, 6.07) is 39.0. The second-order valence-electron chi connectivity index (χ2n) is 25.7. The van der Waals surface area contributed by atoms with Crippen molar-refractivity contribution in [2.24, 2.45) is 0 Å². The molecule has 1 aromatic heterocycles. The van der Waals surface area contributed by atoms with Crippen LogP contribution in [0.4, 0.5) is 66.9 Å². The van der Waals surface area contributed by atoms with Crippen LogP contribution in [0.25, 0.3) is 0 Å². The molecule has 0 unspecified atom stereocenters. The fraction of sp³-hybridized carbons (Fsp3) is 0.500. The third-order valence-corrected chi connectivity index (χ3v) is 19.1. The number of phenolic OH excluding ortho intramolecular Hbond substituents is 3. The lowest BCUT2D eigenvalue weighted by Crippen LogP contribution is -3.61. The summed E-state index contributed by atoms with van der Waals surface area (Å²) in [5, 5.41) is 21.3. The van der Waals surface area contributed by atoms with Crippen molar-refractivity contribution in [1.29, 1.82) is 0 Å². The molecular weight excluding hydrogens is 1600 g/mol. The van der Waals surface area contributed by atoms with E-state index in [1.54, 1.807) is 93.8 Å². The first-order chi connectivity index (χ1) is 51.0. The van der Waals surface area contributed by atoms with Crippen molar-refractivity contribution in [2.75, 3.05) is 153 Å². The lowest BCUT2D eigenvalue weighted by molar-refractivity contribution is -0.597. The second-order valence-corrected chi connectivity index (χ2v) is 30.2. The Hall–Kier alpha value is -7.94. The topological polar surface area (TPSA) is 306 Å². The van der Waals surface area contributed by atoms with Crippen LogP contribution in [0, 0.1) is 7.14 Å². The van der Waals surface area contributed by atoms with E-state index < -0.39 is 45.7 Å². The maximum absolute atomic E-state index is 12.6. The van der Waals surface area contributed by atoms with Crippen molar-refractivity contribution in [1.82, 2.24) is 34.6 Å². The fourth-order valence-electron chi connectivity index (χ4n) is 10.3. The summed E-state index contributed by atoms with van der Waals surface area (Å²) in [6.45, 7) is 15.3. The Kier molecular flexibility index (Phi) is 35.9. The molecule has 2 fully saturated rings. The van der Waals surface area contributed by atoms with Gasteiger partial charge in [0.25, 0.3) is 0 Å². The number of carbonyl (C=O) groups excluding carboxylic acids is 2. The van der Waals surface area contributed by atoms with E-state index >= 15 is 0 Å². The quantitative estimate of drug-likeness (QED) is 0.0123. The predicted octanol–water partition coefficient (Wildman–Crippen LogP) is 7.79. The van der Waals surface area contributed by atoms with Crippen LogP contribution in [0.3, 0.4) is 0 Å². The number of benzene rings is 5. The van der Waals surface area contributed by atoms with Gasteiger partial charge in [-0.1, -0.05) is 102 Å². The first-order valence-electron chi connectivity index (χ1n) is 32.5. The van der Waals surface area contributed by atoms with Crippen LogP contribution in [0.15, 0.2) is 121 Å². The minimum Gasteiger partial charge on any atom is -0.743 e. The van der Waals surface area contributed by atoms with Gasteiger partial charge in [0, 0.05) is 77.0 Å². The molecular formula is C70H94F9IN10O18S. The molecule has 6 aromatic rings. The van der Waals surface area contributed by atoms with Crippen molar-refractivity contribution < 1.29 is 146 Å². The molecule has 0 aliphatic carbocycles. The number of aromatic hydroxyl groups is 3. The number of alkyl halides is 9. The number of fused-ring (bicyclic) bond motifs is 1. The fourth-order valence-corrected chi connectivity index (χ4v) is 12.9. The summed E-state index contributed by atoms with van der Waals surface area (Å²) in [7, 11) is 8.03. The normalized spacial score (nSPS) is 14.8. The summed E-state index contributed by atoms with van der Waals surface area (Å²) in [5.74, 6) is -13.1. The minimum atomic E-state index is -7.43. The lowest BCUT2D eigenvalue weighted by atomic mass is 9.85. The highest BCUT2D eigenvalue weighted by atomic mass is 127. The summed E-state index contributed by atoms with van der Waals surface area (Å²) >= 11 is -0.0703. The third-order valence-electron chi connectivity index (χ3n) is 15.5. The van der Waals surface area contributed by atoms with Gasteiger partial charge >= 0.3 is 56.5 Å². The van der Waals surface area contributed by atoms with Gasteiger partial charge in [0.1, 0.15) is 84.6 Å². The molecule has 3 N–H and O–H groups in total. The molecule has 0 radical (unpaired) electrons. The number of urea groups is 2. The van der Waals surface area contributed by atoms with Crippen molar-refractivity contribution in [2.45, 2.75) is 93.9 Å². The lowest BCUT2D eigenvalue weighted by Gasteiger charge is -2.34. The van der Waals surface area contributed by atoms with E-state index in [9.17, 15) is 77.4 Å². The van der Waals surface area contributed by atoms with Gasteiger partial charge in [0.05, 0.1) is 0 Å². The number of halogens is 10. The second kappa shape index (κ2) is 41.9. The van der Waals surface area contributed by atoms with Crippen LogP contribution in [0.2, 0.25) is 0 Å². The van der Waals surface area contributed by atoms with Crippen LogP contribution in [-0.2, 0) is 68.3 Å². The van der Waals surface area contributed by atoms with Gasteiger partial charge in [-0.05, 0) is 99.3 Å². The number of hydrogen-bond acceptors (Lipinski definition) is 24. The zero-order valence-electron chi connectivity index (χ0n) is 63.0. The molecule has 109 heavy (non-hydrogen) atoms. The number of aromatic nitrogens is 3. The molecule has 39 heteroatoms. The molecule has 0 bridgehead atoms.